The van der Waals surface area contributed by atoms with Crippen molar-refractivity contribution in [2.24, 2.45) is 0 Å². The maximum atomic E-state index is 12.3. The molecule has 1 aromatic carbocycles. The maximum Gasteiger partial charge on any atom is 0.407 e. The van der Waals surface area contributed by atoms with Gasteiger partial charge in [0.2, 0.25) is 5.91 Å². The predicted molar refractivity (Wildman–Crippen MR) is 104 cm³/mol. The highest BCUT2D eigenvalue weighted by Crippen LogP contribution is 2.19. The number of halogens is 1. The van der Waals surface area contributed by atoms with E-state index in [9.17, 15) is 9.59 Å². The number of ether oxygens (including phenoxy) is 1. The molecule has 3 rings (SSSR count). The van der Waals surface area contributed by atoms with Gasteiger partial charge in [-0.3, -0.25) is 9.78 Å². The van der Waals surface area contributed by atoms with Crippen molar-refractivity contribution >= 4 is 23.6 Å². The third kappa shape index (κ3) is 5.79. The number of alkyl carbamates (subject to hydrolysis) is 1. The lowest BCUT2D eigenvalue weighted by molar-refractivity contribution is -0.117. The van der Waals surface area contributed by atoms with Crippen molar-refractivity contribution < 1.29 is 14.3 Å². The molecule has 28 heavy (non-hydrogen) atoms. The Kier molecular flexibility index (Phi) is 6.97. The Labute approximate surface area is 168 Å². The Morgan fingerprint density at radius 2 is 1.96 bits per heavy atom. The second-order valence-corrected chi connectivity index (χ2v) is 6.74. The number of hydrogen-bond acceptors (Lipinski definition) is 5. The highest BCUT2D eigenvalue weighted by Gasteiger charge is 2.20. The number of carbonyl (C=O) groups excluding carboxylic acids is 2. The highest BCUT2D eigenvalue weighted by molar-refractivity contribution is 6.30. The lowest BCUT2D eigenvalue weighted by atomic mass is 9.95. The molecule has 1 heterocycles. The summed E-state index contributed by atoms with van der Waals surface area (Å²) in [7, 11) is 0. The molecule has 1 unspecified atom stereocenters. The summed E-state index contributed by atoms with van der Waals surface area (Å²) >= 11 is 5.93. The molecule has 8 heteroatoms. The van der Waals surface area contributed by atoms with Crippen molar-refractivity contribution in [2.45, 2.75) is 38.5 Å². The molecule has 1 aliphatic rings. The van der Waals surface area contributed by atoms with Gasteiger partial charge in [-0.1, -0.05) is 48.0 Å². The van der Waals surface area contributed by atoms with E-state index >= 15 is 0 Å². The first-order valence-corrected chi connectivity index (χ1v) is 9.39. The van der Waals surface area contributed by atoms with E-state index < -0.39 is 6.09 Å². The van der Waals surface area contributed by atoms with E-state index in [4.69, 9.17) is 16.3 Å². The number of aromatic nitrogens is 2. The van der Waals surface area contributed by atoms with E-state index in [0.717, 1.165) is 5.56 Å². The number of nitrogens with one attached hydrogen (secondary N) is 2. The van der Waals surface area contributed by atoms with Gasteiger partial charge in [0.25, 0.3) is 0 Å². The van der Waals surface area contributed by atoms with Gasteiger partial charge in [0.1, 0.15) is 6.61 Å². The average Bonchev–Trinajstić information content (AvgIpc) is 2.73. The van der Waals surface area contributed by atoms with Gasteiger partial charge in [0, 0.05) is 24.0 Å². The molecule has 0 aliphatic heterocycles. The van der Waals surface area contributed by atoms with Crippen LogP contribution in [0, 0.1) is 0 Å². The fourth-order valence-electron chi connectivity index (χ4n) is 2.85. The van der Waals surface area contributed by atoms with Crippen LogP contribution in [0.1, 0.15) is 30.5 Å². The lowest BCUT2D eigenvalue weighted by Crippen LogP contribution is -2.37. The van der Waals surface area contributed by atoms with Crippen molar-refractivity contribution in [3.05, 3.63) is 70.8 Å². The molecule has 146 valence electrons. The normalized spacial score (nSPS) is 16.0. The maximum absolute atomic E-state index is 12.3. The number of nitrogens with zero attached hydrogens (tertiary/aromatic N) is 2. The van der Waals surface area contributed by atoms with E-state index in [1.54, 1.807) is 0 Å². The summed E-state index contributed by atoms with van der Waals surface area (Å²) in [4.78, 5) is 32.2. The Morgan fingerprint density at radius 3 is 2.68 bits per heavy atom. The molecule has 0 fully saturated rings. The van der Waals surface area contributed by atoms with Crippen LogP contribution >= 0.6 is 11.6 Å². The third-order valence-electron chi connectivity index (χ3n) is 4.38. The van der Waals surface area contributed by atoms with Crippen LogP contribution in [-0.2, 0) is 22.7 Å². The topological polar surface area (TPSA) is 93.2 Å². The zero-order valence-corrected chi connectivity index (χ0v) is 16.0. The molecule has 0 spiro atoms. The zero-order chi connectivity index (χ0) is 19.8. The van der Waals surface area contributed by atoms with E-state index in [2.05, 4.69) is 20.6 Å². The molecular weight excluding hydrogens is 380 g/mol. The first-order valence-electron chi connectivity index (χ1n) is 9.01. The summed E-state index contributed by atoms with van der Waals surface area (Å²) in [6, 6.07) is 9.45. The van der Waals surface area contributed by atoms with Crippen LogP contribution in [-0.4, -0.2) is 28.0 Å². The zero-order valence-electron chi connectivity index (χ0n) is 15.2. The standard InChI is InChI=1S/C20H21ClN4O3/c21-18-17(22-10-11-23-18)12-24-19(26)15-6-8-16(9-7-15)25-20(27)28-13-14-4-2-1-3-5-14/h1-6,10-11,16H,7-9,12-13H2,(H,24,26)(H,25,27). The SMILES string of the molecule is O=C(NC1CC=C(C(=O)NCc2nccnc2Cl)CC1)OCc1ccccc1. The minimum Gasteiger partial charge on any atom is -0.445 e. The summed E-state index contributed by atoms with van der Waals surface area (Å²) < 4.78 is 5.23. The Hall–Kier alpha value is -2.93. The van der Waals surface area contributed by atoms with Gasteiger partial charge >= 0.3 is 6.09 Å². The number of amides is 2. The molecule has 0 saturated heterocycles. The van der Waals surface area contributed by atoms with Gasteiger partial charge in [-0.2, -0.15) is 0 Å². The summed E-state index contributed by atoms with van der Waals surface area (Å²) in [5.41, 5.74) is 2.15. The molecule has 2 aromatic rings. The van der Waals surface area contributed by atoms with Gasteiger partial charge < -0.3 is 15.4 Å². The molecule has 7 nitrogen and oxygen atoms in total. The predicted octanol–water partition coefficient (Wildman–Crippen LogP) is 3.15. The van der Waals surface area contributed by atoms with Crippen LogP contribution in [0.2, 0.25) is 5.15 Å². The molecule has 2 amide bonds. The molecule has 1 aliphatic carbocycles. The minimum absolute atomic E-state index is 0.0470. The summed E-state index contributed by atoms with van der Waals surface area (Å²) in [5.74, 6) is -0.160. The summed E-state index contributed by atoms with van der Waals surface area (Å²) in [5, 5.41) is 5.91. The van der Waals surface area contributed by atoms with E-state index in [1.165, 1.54) is 12.4 Å². The molecule has 0 bridgehead atoms. The molecule has 1 atom stereocenters. The van der Waals surface area contributed by atoms with E-state index in [1.807, 2.05) is 36.4 Å². The number of benzene rings is 1. The van der Waals surface area contributed by atoms with Gasteiger partial charge in [0.15, 0.2) is 5.15 Å². The van der Waals surface area contributed by atoms with Gasteiger partial charge in [0.05, 0.1) is 12.2 Å². The number of carbonyl (C=O) groups is 2. The summed E-state index contributed by atoms with van der Waals surface area (Å²) in [6.45, 7) is 0.449. The Balaban J connectivity index is 1.41. The smallest absolute Gasteiger partial charge is 0.407 e. The van der Waals surface area contributed by atoms with Crippen molar-refractivity contribution in [2.75, 3.05) is 0 Å². The number of rotatable bonds is 6. The Bertz CT molecular complexity index is 858. The van der Waals surface area contributed by atoms with Crippen LogP contribution < -0.4 is 10.6 Å². The summed E-state index contributed by atoms with van der Waals surface area (Å²) in [6.07, 6.45) is 6.24. The quantitative estimate of drug-likeness (QED) is 0.776. The van der Waals surface area contributed by atoms with Crippen molar-refractivity contribution in [1.82, 2.24) is 20.6 Å². The second-order valence-electron chi connectivity index (χ2n) is 6.38. The van der Waals surface area contributed by atoms with Crippen molar-refractivity contribution in [3.8, 4) is 0 Å². The van der Waals surface area contributed by atoms with E-state index in [-0.39, 0.29) is 30.3 Å². The largest absolute Gasteiger partial charge is 0.445 e. The van der Waals surface area contributed by atoms with Crippen molar-refractivity contribution in [1.29, 1.82) is 0 Å². The monoisotopic (exact) mass is 400 g/mol. The van der Waals surface area contributed by atoms with Gasteiger partial charge in [-0.15, -0.1) is 0 Å². The Morgan fingerprint density at radius 1 is 1.18 bits per heavy atom. The van der Waals surface area contributed by atoms with Crippen LogP contribution in [0.25, 0.3) is 0 Å². The van der Waals surface area contributed by atoms with Crippen LogP contribution in [0.15, 0.2) is 54.4 Å². The third-order valence-corrected chi connectivity index (χ3v) is 4.69. The highest BCUT2D eigenvalue weighted by atomic mass is 35.5. The molecule has 2 N–H and O–H groups in total. The van der Waals surface area contributed by atoms with Crippen LogP contribution in [0.4, 0.5) is 4.79 Å². The first-order chi connectivity index (χ1) is 13.6. The first kappa shape index (κ1) is 19.8. The molecular formula is C20H21ClN4O3. The van der Waals surface area contributed by atoms with Crippen LogP contribution in [0.5, 0.6) is 0 Å². The molecule has 1 aromatic heterocycles. The van der Waals surface area contributed by atoms with Crippen LogP contribution in [0.3, 0.4) is 0 Å². The van der Waals surface area contributed by atoms with Gasteiger partial charge in [-0.05, 0) is 24.8 Å². The van der Waals surface area contributed by atoms with Gasteiger partial charge in [-0.25, -0.2) is 9.78 Å². The fraction of sp³-hybridized carbons (Fsp3) is 0.300. The molecule has 0 saturated carbocycles. The van der Waals surface area contributed by atoms with Crippen molar-refractivity contribution in [3.63, 3.8) is 0 Å². The lowest BCUT2D eigenvalue weighted by Gasteiger charge is -2.22. The average molecular weight is 401 g/mol. The minimum atomic E-state index is -0.451. The fourth-order valence-corrected chi connectivity index (χ4v) is 3.02. The van der Waals surface area contributed by atoms with E-state index in [0.29, 0.717) is 30.5 Å². The molecule has 0 radical (unpaired) electrons. The second kappa shape index (κ2) is 9.85. The number of hydrogen-bond donors (Lipinski definition) is 2.